The summed E-state index contributed by atoms with van der Waals surface area (Å²) in [6.07, 6.45) is 3.05. The number of hydrazine groups is 1. The van der Waals surface area contributed by atoms with Crippen LogP contribution in [0.5, 0.6) is 0 Å². The predicted molar refractivity (Wildman–Crippen MR) is 99.5 cm³/mol. The maximum atomic E-state index is 12.1. The summed E-state index contributed by atoms with van der Waals surface area (Å²) >= 11 is 1.30. The summed E-state index contributed by atoms with van der Waals surface area (Å²) in [5.41, 5.74) is 5.02. The molecule has 2 aromatic rings. The lowest BCUT2D eigenvalue weighted by molar-refractivity contribution is -0.135. The van der Waals surface area contributed by atoms with Gasteiger partial charge in [-0.25, -0.2) is 14.8 Å². The summed E-state index contributed by atoms with van der Waals surface area (Å²) in [6.45, 7) is 11.0. The standard InChI is InChI=1S/C18H15N5O2S/c1-10-6-5-7-12(8-10)15-20-16(14(19-3)17(21-15)26-4)22-23-13(24)9-11(2)18(23)25/h5-9H,1-2,4H3,(H,20,21,22). The molecule has 7 nitrogen and oxygen atoms in total. The van der Waals surface area contributed by atoms with E-state index in [1.54, 1.807) is 13.2 Å². The van der Waals surface area contributed by atoms with Crippen LogP contribution < -0.4 is 5.43 Å². The molecule has 1 aromatic heterocycles. The minimum atomic E-state index is -0.496. The number of rotatable bonds is 4. The molecule has 130 valence electrons. The number of anilines is 1. The van der Waals surface area contributed by atoms with Crippen molar-refractivity contribution in [3.8, 4) is 11.4 Å². The Hall–Kier alpha value is -3.18. The van der Waals surface area contributed by atoms with Crippen molar-refractivity contribution in [2.75, 3.05) is 11.7 Å². The van der Waals surface area contributed by atoms with Crippen molar-refractivity contribution in [2.24, 2.45) is 0 Å². The number of aryl methyl sites for hydroxylation is 1. The van der Waals surface area contributed by atoms with Crippen LogP contribution in [-0.4, -0.2) is 33.0 Å². The minimum Gasteiger partial charge on any atom is -0.281 e. The number of aromatic nitrogens is 2. The summed E-state index contributed by atoms with van der Waals surface area (Å²) in [5.74, 6) is -0.422. The van der Waals surface area contributed by atoms with Crippen molar-refractivity contribution in [3.63, 3.8) is 0 Å². The SMILES string of the molecule is [C-]#[N+]c1c(NN2C(=O)C=C(C)C2=O)nc(-c2cccc(C)c2)nc1SC. The van der Waals surface area contributed by atoms with E-state index in [1.807, 2.05) is 31.2 Å². The average Bonchev–Trinajstić information content (AvgIpc) is 2.87. The van der Waals surface area contributed by atoms with Gasteiger partial charge in [-0.15, -0.1) is 11.8 Å². The van der Waals surface area contributed by atoms with Gasteiger partial charge < -0.3 is 0 Å². The molecule has 3 rings (SSSR count). The molecule has 0 fully saturated rings. The molecule has 0 bridgehead atoms. The van der Waals surface area contributed by atoms with E-state index in [4.69, 9.17) is 6.57 Å². The van der Waals surface area contributed by atoms with Crippen molar-refractivity contribution in [3.05, 3.63) is 52.9 Å². The molecular formula is C18H15N5O2S. The first-order valence-corrected chi connectivity index (χ1v) is 8.91. The number of benzene rings is 1. The monoisotopic (exact) mass is 365 g/mol. The van der Waals surface area contributed by atoms with Crippen LogP contribution in [-0.2, 0) is 9.59 Å². The molecule has 26 heavy (non-hydrogen) atoms. The first kappa shape index (κ1) is 17.6. The van der Waals surface area contributed by atoms with E-state index in [1.165, 1.54) is 17.8 Å². The first-order chi connectivity index (χ1) is 12.4. The highest BCUT2D eigenvalue weighted by atomic mass is 32.2. The molecule has 0 atom stereocenters. The molecule has 1 aliphatic rings. The molecule has 0 saturated heterocycles. The summed E-state index contributed by atoms with van der Waals surface area (Å²) in [4.78, 5) is 36.5. The van der Waals surface area contributed by atoms with Gasteiger partial charge in [-0.2, -0.15) is 5.01 Å². The molecule has 0 aliphatic carbocycles. The quantitative estimate of drug-likeness (QED) is 0.387. The summed E-state index contributed by atoms with van der Waals surface area (Å²) in [6, 6.07) is 7.65. The molecule has 2 heterocycles. The number of amides is 2. The van der Waals surface area contributed by atoms with Gasteiger partial charge in [0.2, 0.25) is 0 Å². The van der Waals surface area contributed by atoms with Crippen molar-refractivity contribution >= 4 is 35.1 Å². The maximum absolute atomic E-state index is 12.1. The highest BCUT2D eigenvalue weighted by Crippen LogP contribution is 2.35. The minimum absolute atomic E-state index is 0.126. The van der Waals surface area contributed by atoms with E-state index in [9.17, 15) is 9.59 Å². The molecule has 1 N–H and O–H groups in total. The highest BCUT2D eigenvalue weighted by molar-refractivity contribution is 7.98. The second-order valence-electron chi connectivity index (χ2n) is 5.65. The smallest absolute Gasteiger partial charge is 0.275 e. The Balaban J connectivity index is 2.09. The summed E-state index contributed by atoms with van der Waals surface area (Å²) in [7, 11) is 0. The van der Waals surface area contributed by atoms with Crippen LogP contribution in [0.4, 0.5) is 11.5 Å². The Morgan fingerprint density at radius 1 is 1.23 bits per heavy atom. The van der Waals surface area contributed by atoms with E-state index >= 15 is 0 Å². The predicted octanol–water partition coefficient (Wildman–Crippen LogP) is 3.37. The summed E-state index contributed by atoms with van der Waals surface area (Å²) < 4.78 is 0. The fourth-order valence-corrected chi connectivity index (χ4v) is 2.98. The molecule has 0 saturated carbocycles. The molecule has 0 spiro atoms. The molecule has 0 unspecified atom stereocenters. The number of hydrogen-bond acceptors (Lipinski definition) is 6. The molecule has 2 amide bonds. The van der Waals surface area contributed by atoms with Crippen LogP contribution in [0.25, 0.3) is 16.2 Å². The Labute approximate surface area is 154 Å². The number of nitrogens with zero attached hydrogens (tertiary/aromatic N) is 4. The van der Waals surface area contributed by atoms with E-state index < -0.39 is 11.8 Å². The third kappa shape index (κ3) is 3.17. The van der Waals surface area contributed by atoms with Crippen molar-refractivity contribution in [2.45, 2.75) is 18.9 Å². The van der Waals surface area contributed by atoms with Gasteiger partial charge in [-0.3, -0.25) is 15.0 Å². The Kier molecular flexibility index (Phi) is 4.73. The number of nitrogens with one attached hydrogen (secondary N) is 1. The Morgan fingerprint density at radius 3 is 2.58 bits per heavy atom. The second kappa shape index (κ2) is 6.98. The van der Waals surface area contributed by atoms with Crippen molar-refractivity contribution < 1.29 is 9.59 Å². The van der Waals surface area contributed by atoms with Gasteiger partial charge >= 0.3 is 0 Å². The molecule has 1 aliphatic heterocycles. The van der Waals surface area contributed by atoms with Crippen molar-refractivity contribution in [1.29, 1.82) is 0 Å². The number of carbonyl (C=O) groups excluding carboxylic acids is 2. The largest absolute Gasteiger partial charge is 0.281 e. The van der Waals surface area contributed by atoms with E-state index in [-0.39, 0.29) is 11.5 Å². The van der Waals surface area contributed by atoms with Gasteiger partial charge in [0.1, 0.15) is 5.03 Å². The lowest BCUT2D eigenvalue weighted by Gasteiger charge is -2.18. The van der Waals surface area contributed by atoms with Crippen LogP contribution >= 0.6 is 11.8 Å². The first-order valence-electron chi connectivity index (χ1n) is 7.68. The molecule has 0 radical (unpaired) electrons. The topological polar surface area (TPSA) is 79.5 Å². The fourth-order valence-electron chi connectivity index (χ4n) is 2.47. The van der Waals surface area contributed by atoms with Gasteiger partial charge in [-0.05, 0) is 26.2 Å². The van der Waals surface area contributed by atoms with E-state index in [0.29, 0.717) is 16.4 Å². The maximum Gasteiger partial charge on any atom is 0.275 e. The van der Waals surface area contributed by atoms with E-state index in [0.717, 1.165) is 16.1 Å². The Morgan fingerprint density at radius 2 is 2.00 bits per heavy atom. The van der Waals surface area contributed by atoms with Crippen LogP contribution in [0.2, 0.25) is 0 Å². The van der Waals surface area contributed by atoms with Crippen LogP contribution in [0, 0.1) is 13.5 Å². The summed E-state index contributed by atoms with van der Waals surface area (Å²) in [5, 5.41) is 1.33. The zero-order chi connectivity index (χ0) is 18.8. The van der Waals surface area contributed by atoms with Gasteiger partial charge in [0.25, 0.3) is 17.5 Å². The van der Waals surface area contributed by atoms with Gasteiger partial charge in [0.15, 0.2) is 11.6 Å². The van der Waals surface area contributed by atoms with Gasteiger partial charge in [-0.1, -0.05) is 23.8 Å². The molecule has 1 aromatic carbocycles. The molecular weight excluding hydrogens is 350 g/mol. The van der Waals surface area contributed by atoms with Crippen LogP contribution in [0.1, 0.15) is 12.5 Å². The number of thioether (sulfide) groups is 1. The third-order valence-corrected chi connectivity index (χ3v) is 4.42. The zero-order valence-corrected chi connectivity index (χ0v) is 15.2. The van der Waals surface area contributed by atoms with Gasteiger partial charge in [0.05, 0.1) is 6.57 Å². The van der Waals surface area contributed by atoms with Gasteiger partial charge in [0, 0.05) is 17.2 Å². The van der Waals surface area contributed by atoms with E-state index in [2.05, 4.69) is 20.2 Å². The number of carbonyl (C=O) groups is 2. The zero-order valence-electron chi connectivity index (χ0n) is 14.4. The second-order valence-corrected chi connectivity index (χ2v) is 6.45. The Bertz CT molecular complexity index is 994. The number of imide groups is 1. The lowest BCUT2D eigenvalue weighted by atomic mass is 10.1. The fraction of sp³-hybridized carbons (Fsp3) is 0.167. The normalized spacial score (nSPS) is 13.6. The van der Waals surface area contributed by atoms with Crippen LogP contribution in [0.15, 0.2) is 40.9 Å². The lowest BCUT2D eigenvalue weighted by Crippen LogP contribution is -2.36. The van der Waals surface area contributed by atoms with Crippen LogP contribution in [0.3, 0.4) is 0 Å². The van der Waals surface area contributed by atoms with Crippen molar-refractivity contribution in [1.82, 2.24) is 15.0 Å². The third-order valence-electron chi connectivity index (χ3n) is 3.75. The number of hydrogen-bond donors (Lipinski definition) is 1. The molecule has 8 heteroatoms. The average molecular weight is 365 g/mol. The highest BCUT2D eigenvalue weighted by Gasteiger charge is 2.30.